The van der Waals surface area contributed by atoms with Gasteiger partial charge in [-0.05, 0) is 60.3 Å². The normalized spacial score (nSPS) is 20.4. The summed E-state index contributed by atoms with van der Waals surface area (Å²) >= 11 is 0. The number of carbonyl (C=O) groups is 2. The molecule has 2 aliphatic rings. The molecule has 0 N–H and O–H groups in total. The van der Waals surface area contributed by atoms with Crippen LogP contribution in [0.3, 0.4) is 0 Å². The number of fused-ring (bicyclic) bond motifs is 1. The number of rotatable bonds is 8. The van der Waals surface area contributed by atoms with Crippen LogP contribution in [-0.4, -0.2) is 42.2 Å². The van der Waals surface area contributed by atoms with Crippen molar-refractivity contribution in [1.82, 2.24) is 4.90 Å². The molecule has 4 rings (SSSR count). The predicted octanol–water partition coefficient (Wildman–Crippen LogP) is 5.69. The fourth-order valence-corrected chi connectivity index (χ4v) is 6.22. The highest BCUT2D eigenvalue weighted by atomic mass is 28.4. The van der Waals surface area contributed by atoms with Gasteiger partial charge >= 0.3 is 5.97 Å². The molecule has 0 unspecified atom stereocenters. The van der Waals surface area contributed by atoms with E-state index in [1.807, 2.05) is 37.3 Å². The topological polar surface area (TPSA) is 99.0 Å². The molecule has 1 amide bonds. The summed E-state index contributed by atoms with van der Waals surface area (Å²) in [5.41, 5.74) is 2.53. The van der Waals surface area contributed by atoms with Crippen molar-refractivity contribution >= 4 is 31.5 Å². The lowest BCUT2D eigenvalue weighted by molar-refractivity contribution is -0.384. The summed E-state index contributed by atoms with van der Waals surface area (Å²) < 4.78 is 12.2. The van der Waals surface area contributed by atoms with Crippen LogP contribution >= 0.6 is 0 Å². The van der Waals surface area contributed by atoms with Gasteiger partial charge in [0.2, 0.25) is 5.91 Å². The molecule has 1 fully saturated rings. The maximum absolute atomic E-state index is 13.4. The Bertz CT molecular complexity index is 1230. The van der Waals surface area contributed by atoms with Crippen LogP contribution in [0.1, 0.15) is 45.2 Å². The molecule has 196 valence electrons. The van der Waals surface area contributed by atoms with Gasteiger partial charge in [0, 0.05) is 12.1 Å². The third-order valence-corrected chi connectivity index (χ3v) is 12.4. The van der Waals surface area contributed by atoms with Gasteiger partial charge in [-0.2, -0.15) is 0 Å². The van der Waals surface area contributed by atoms with E-state index in [0.717, 1.165) is 11.1 Å². The average molecular weight is 523 g/mol. The summed E-state index contributed by atoms with van der Waals surface area (Å²) in [6, 6.07) is 15.3. The van der Waals surface area contributed by atoms with Crippen molar-refractivity contribution in [2.75, 3.05) is 0 Å². The number of β-lactam (4-membered cyclic amide) rings is 1. The van der Waals surface area contributed by atoms with Gasteiger partial charge in [-0.1, -0.05) is 51.1 Å². The number of hydrogen-bond donors (Lipinski definition) is 0. The minimum atomic E-state index is -2.09. The summed E-state index contributed by atoms with van der Waals surface area (Å²) in [4.78, 5) is 38.8. The Kier molecular flexibility index (Phi) is 7.13. The molecule has 2 aromatic rings. The number of amides is 1. The molecule has 2 aliphatic heterocycles. The smallest absolute Gasteiger partial charge is 0.355 e. The van der Waals surface area contributed by atoms with E-state index in [1.54, 1.807) is 17.0 Å². The fourth-order valence-electron chi connectivity index (χ4n) is 4.79. The average Bonchev–Trinajstić information content (AvgIpc) is 3.17. The molecule has 3 atom stereocenters. The van der Waals surface area contributed by atoms with E-state index < -0.39 is 19.2 Å². The van der Waals surface area contributed by atoms with Gasteiger partial charge in [0.15, 0.2) is 8.32 Å². The predicted molar refractivity (Wildman–Crippen MR) is 143 cm³/mol. The second kappa shape index (κ2) is 9.87. The number of nitro benzene ring substituents is 1. The van der Waals surface area contributed by atoms with E-state index in [0.29, 0.717) is 12.0 Å². The maximum atomic E-state index is 13.4. The van der Waals surface area contributed by atoms with Crippen LogP contribution in [0.2, 0.25) is 18.1 Å². The quantitative estimate of drug-likeness (QED) is 0.145. The lowest BCUT2D eigenvalue weighted by atomic mass is 9.82. The van der Waals surface area contributed by atoms with Gasteiger partial charge in [0.25, 0.3) is 5.69 Å². The van der Waals surface area contributed by atoms with Gasteiger partial charge < -0.3 is 14.1 Å². The molecule has 37 heavy (non-hydrogen) atoms. The Hall–Kier alpha value is -3.30. The Morgan fingerprint density at radius 3 is 2.32 bits per heavy atom. The van der Waals surface area contributed by atoms with E-state index in [2.05, 4.69) is 33.9 Å². The molecule has 0 saturated carbocycles. The number of hydrogen-bond acceptors (Lipinski definition) is 6. The van der Waals surface area contributed by atoms with Crippen molar-refractivity contribution in [2.24, 2.45) is 5.92 Å². The molecule has 0 radical (unpaired) electrons. The van der Waals surface area contributed by atoms with Gasteiger partial charge in [-0.25, -0.2) is 4.79 Å². The van der Waals surface area contributed by atoms with Crippen LogP contribution in [0.4, 0.5) is 5.69 Å². The first-order valence-electron chi connectivity index (χ1n) is 12.5. The summed E-state index contributed by atoms with van der Waals surface area (Å²) in [6.07, 6.45) is 0.287. The molecular formula is C28H34N2O6Si. The van der Waals surface area contributed by atoms with E-state index in [-0.39, 0.29) is 47.0 Å². The molecule has 9 heteroatoms. The summed E-state index contributed by atoms with van der Waals surface area (Å²) in [5.74, 6) is -1.03. The minimum Gasteiger partial charge on any atom is -0.456 e. The third kappa shape index (κ3) is 5.10. The van der Waals surface area contributed by atoms with E-state index >= 15 is 0 Å². The summed E-state index contributed by atoms with van der Waals surface area (Å²) in [5, 5.41) is 10.9. The van der Waals surface area contributed by atoms with Crippen LogP contribution in [0.5, 0.6) is 0 Å². The molecule has 0 bridgehead atoms. The highest BCUT2D eigenvalue weighted by Gasteiger charge is 2.58. The third-order valence-electron chi connectivity index (χ3n) is 7.83. The highest BCUT2D eigenvalue weighted by molar-refractivity contribution is 6.74. The maximum Gasteiger partial charge on any atom is 0.355 e. The van der Waals surface area contributed by atoms with Gasteiger partial charge in [0.1, 0.15) is 12.3 Å². The molecule has 0 spiro atoms. The van der Waals surface area contributed by atoms with Crippen molar-refractivity contribution in [3.63, 3.8) is 0 Å². The first-order chi connectivity index (χ1) is 17.3. The second-order valence-corrected chi connectivity index (χ2v) is 16.0. The Labute approximate surface area is 218 Å². The van der Waals surface area contributed by atoms with Crippen molar-refractivity contribution in [2.45, 2.75) is 71.0 Å². The van der Waals surface area contributed by atoms with Crippen molar-refractivity contribution in [1.29, 1.82) is 0 Å². The number of nitro groups is 1. The number of ether oxygens (including phenoxy) is 1. The number of esters is 1. The molecule has 1 saturated heterocycles. The van der Waals surface area contributed by atoms with Crippen LogP contribution < -0.4 is 0 Å². The molecule has 0 aliphatic carbocycles. The molecule has 0 aromatic heterocycles. The van der Waals surface area contributed by atoms with Crippen LogP contribution in [-0.2, 0) is 25.4 Å². The van der Waals surface area contributed by atoms with Crippen LogP contribution in [0.15, 0.2) is 60.3 Å². The summed E-state index contributed by atoms with van der Waals surface area (Å²) in [7, 11) is -2.09. The summed E-state index contributed by atoms with van der Waals surface area (Å²) in [6.45, 7) is 12.8. The minimum absolute atomic E-state index is 0.0176. The number of carbonyl (C=O) groups excluding carboxylic acids is 2. The highest BCUT2D eigenvalue weighted by Crippen LogP contribution is 2.49. The van der Waals surface area contributed by atoms with Crippen LogP contribution in [0.25, 0.3) is 5.57 Å². The van der Waals surface area contributed by atoms with Gasteiger partial charge in [-0.15, -0.1) is 0 Å². The number of nitrogens with zero attached hydrogens (tertiary/aromatic N) is 2. The first-order valence-corrected chi connectivity index (χ1v) is 15.4. The van der Waals surface area contributed by atoms with Crippen molar-refractivity contribution in [3.8, 4) is 0 Å². The number of benzene rings is 2. The molecule has 2 aromatic carbocycles. The first kappa shape index (κ1) is 26.8. The zero-order valence-electron chi connectivity index (χ0n) is 22.2. The van der Waals surface area contributed by atoms with Crippen LogP contribution in [0, 0.1) is 16.0 Å². The van der Waals surface area contributed by atoms with E-state index in [1.165, 1.54) is 12.1 Å². The van der Waals surface area contributed by atoms with Crippen molar-refractivity contribution < 1.29 is 23.7 Å². The molecular weight excluding hydrogens is 488 g/mol. The molecule has 8 nitrogen and oxygen atoms in total. The lowest BCUT2D eigenvalue weighted by Crippen LogP contribution is -2.63. The zero-order valence-corrected chi connectivity index (χ0v) is 23.2. The van der Waals surface area contributed by atoms with Crippen molar-refractivity contribution in [3.05, 3.63) is 81.5 Å². The Morgan fingerprint density at radius 2 is 1.76 bits per heavy atom. The Balaban J connectivity index is 1.55. The van der Waals surface area contributed by atoms with E-state index in [9.17, 15) is 19.7 Å². The van der Waals surface area contributed by atoms with E-state index in [4.69, 9.17) is 9.16 Å². The molecule has 2 heterocycles. The monoisotopic (exact) mass is 522 g/mol. The Morgan fingerprint density at radius 1 is 1.14 bits per heavy atom. The SMILES string of the molecule is C[C@@H](O[Si](C)(C)C(C)(C)C)[C@H]1C(=O)N2C(C(=O)OCc3ccc([N+](=O)[O-])cc3)=C(c3ccccc3)C[C@H]12. The second-order valence-electron chi connectivity index (χ2n) is 11.3. The zero-order chi connectivity index (χ0) is 27.1. The van der Waals surface area contributed by atoms with Gasteiger partial charge in [-0.3, -0.25) is 14.9 Å². The lowest BCUT2D eigenvalue weighted by Gasteiger charge is -2.48. The van der Waals surface area contributed by atoms with Gasteiger partial charge in [0.05, 0.1) is 23.0 Å². The largest absolute Gasteiger partial charge is 0.456 e. The standard InChI is InChI=1S/C28H34N2O6Si/c1-18(36-37(5,6)28(2,3)4)24-23-16-22(20-10-8-7-9-11-20)25(29(23)26(24)31)27(32)35-17-19-12-14-21(15-13-19)30(33)34/h7-15,18,23-24H,16-17H2,1-6H3/t18-,23-,24-/m1/s1. The number of non-ortho nitro benzene ring substituents is 1. The fraction of sp³-hybridized carbons (Fsp3) is 0.429.